The molecular weight excluding hydrogens is 145 g/mol. The molecule has 2 nitrogen and oxygen atoms in total. The Morgan fingerprint density at radius 2 is 2.00 bits per heavy atom. The van der Waals surface area contributed by atoms with Crippen molar-refractivity contribution < 1.29 is 9.50 Å². The highest BCUT2D eigenvalue weighted by atomic mass is 19.1. The molecule has 0 saturated carbocycles. The van der Waals surface area contributed by atoms with Crippen LogP contribution in [0.1, 0.15) is 19.8 Å². The van der Waals surface area contributed by atoms with E-state index in [1.165, 1.54) is 0 Å². The lowest BCUT2D eigenvalue weighted by Gasteiger charge is -2.35. The third-order valence-corrected chi connectivity index (χ3v) is 2.48. The highest BCUT2D eigenvalue weighted by Crippen LogP contribution is 2.21. The zero-order chi connectivity index (χ0) is 8.32. The Kier molecular flexibility index (Phi) is 2.84. The van der Waals surface area contributed by atoms with Crippen molar-refractivity contribution in [3.8, 4) is 0 Å². The molecule has 0 unspecified atom stereocenters. The molecule has 66 valence electrons. The van der Waals surface area contributed by atoms with E-state index in [0.29, 0.717) is 12.8 Å². The van der Waals surface area contributed by atoms with E-state index in [1.54, 1.807) is 0 Å². The number of piperidine rings is 1. The van der Waals surface area contributed by atoms with E-state index in [2.05, 4.69) is 11.8 Å². The second-order valence-corrected chi connectivity index (χ2v) is 3.29. The standard InChI is InChI=1S/C8H16FNO/c1-2-10-5-3-8(11,7-9)4-6-10/h11H,2-7H2,1H3. The van der Waals surface area contributed by atoms with Crippen LogP contribution in [0.2, 0.25) is 0 Å². The molecule has 1 fully saturated rings. The molecular formula is C8H16FNO. The fourth-order valence-corrected chi connectivity index (χ4v) is 1.42. The number of hydrogen-bond donors (Lipinski definition) is 1. The first-order valence-electron chi connectivity index (χ1n) is 4.21. The minimum absolute atomic E-state index is 0.581. The summed E-state index contributed by atoms with van der Waals surface area (Å²) in [5.41, 5.74) is -1.01. The summed E-state index contributed by atoms with van der Waals surface area (Å²) >= 11 is 0. The molecule has 0 aromatic rings. The van der Waals surface area contributed by atoms with Crippen LogP contribution in [-0.2, 0) is 0 Å². The smallest absolute Gasteiger partial charge is 0.118 e. The van der Waals surface area contributed by atoms with E-state index < -0.39 is 12.3 Å². The molecule has 0 aromatic carbocycles. The number of nitrogens with zero attached hydrogens (tertiary/aromatic N) is 1. The molecule has 0 aliphatic carbocycles. The predicted octanol–water partition coefficient (Wildman–Crippen LogP) is 0.803. The lowest BCUT2D eigenvalue weighted by atomic mass is 9.93. The summed E-state index contributed by atoms with van der Waals surface area (Å²) in [4.78, 5) is 2.23. The van der Waals surface area contributed by atoms with Gasteiger partial charge in [0.25, 0.3) is 0 Å². The lowest BCUT2D eigenvalue weighted by molar-refractivity contribution is -0.0371. The summed E-state index contributed by atoms with van der Waals surface area (Å²) in [7, 11) is 0. The maximum Gasteiger partial charge on any atom is 0.118 e. The van der Waals surface area contributed by atoms with E-state index >= 15 is 0 Å². The summed E-state index contributed by atoms with van der Waals surface area (Å²) < 4.78 is 12.2. The maximum absolute atomic E-state index is 12.2. The normalized spacial score (nSPS) is 25.4. The van der Waals surface area contributed by atoms with Crippen molar-refractivity contribution in [3.05, 3.63) is 0 Å². The first-order chi connectivity index (χ1) is 5.20. The number of hydrogen-bond acceptors (Lipinski definition) is 2. The van der Waals surface area contributed by atoms with Crippen molar-refractivity contribution in [3.63, 3.8) is 0 Å². The quantitative estimate of drug-likeness (QED) is 0.647. The predicted molar refractivity (Wildman–Crippen MR) is 42.3 cm³/mol. The molecule has 0 radical (unpaired) electrons. The summed E-state index contributed by atoms with van der Waals surface area (Å²) in [5, 5.41) is 9.49. The van der Waals surface area contributed by atoms with Gasteiger partial charge in [0.05, 0.1) is 5.60 Å². The van der Waals surface area contributed by atoms with Crippen LogP contribution < -0.4 is 0 Å². The van der Waals surface area contributed by atoms with Gasteiger partial charge >= 0.3 is 0 Å². The van der Waals surface area contributed by atoms with Gasteiger partial charge < -0.3 is 10.0 Å². The Morgan fingerprint density at radius 3 is 2.36 bits per heavy atom. The summed E-state index contributed by atoms with van der Waals surface area (Å²) in [5.74, 6) is 0. The highest BCUT2D eigenvalue weighted by Gasteiger charge is 2.31. The molecule has 3 heteroatoms. The number of halogens is 1. The molecule has 0 amide bonds. The van der Waals surface area contributed by atoms with Crippen molar-refractivity contribution in [2.45, 2.75) is 25.4 Å². The Labute approximate surface area is 67.0 Å². The minimum Gasteiger partial charge on any atom is -0.387 e. The van der Waals surface area contributed by atoms with Gasteiger partial charge in [-0.1, -0.05) is 6.92 Å². The Hall–Kier alpha value is -0.150. The summed E-state index contributed by atoms with van der Waals surface area (Å²) in [6, 6.07) is 0. The molecule has 0 aromatic heterocycles. The van der Waals surface area contributed by atoms with Crippen molar-refractivity contribution in [2.75, 3.05) is 26.3 Å². The van der Waals surface area contributed by atoms with Crippen LogP contribution >= 0.6 is 0 Å². The van der Waals surface area contributed by atoms with E-state index in [9.17, 15) is 9.50 Å². The molecule has 1 heterocycles. The second-order valence-electron chi connectivity index (χ2n) is 3.29. The van der Waals surface area contributed by atoms with Gasteiger partial charge in [-0.25, -0.2) is 4.39 Å². The fraction of sp³-hybridized carbons (Fsp3) is 1.00. The van der Waals surface area contributed by atoms with Gasteiger partial charge in [0.15, 0.2) is 0 Å². The molecule has 11 heavy (non-hydrogen) atoms. The van der Waals surface area contributed by atoms with Gasteiger partial charge in [-0.15, -0.1) is 0 Å². The zero-order valence-electron chi connectivity index (χ0n) is 7.02. The van der Waals surface area contributed by atoms with Gasteiger partial charge in [-0.3, -0.25) is 0 Å². The van der Waals surface area contributed by atoms with Gasteiger partial charge in [0.2, 0.25) is 0 Å². The number of rotatable bonds is 2. The monoisotopic (exact) mass is 161 g/mol. The van der Waals surface area contributed by atoms with Crippen LogP contribution in [0.4, 0.5) is 4.39 Å². The van der Waals surface area contributed by atoms with Crippen LogP contribution in [0, 0.1) is 0 Å². The highest BCUT2D eigenvalue weighted by molar-refractivity contribution is 4.84. The number of alkyl halides is 1. The summed E-state index contributed by atoms with van der Waals surface area (Å²) in [6.45, 7) is 4.15. The molecule has 0 spiro atoms. The first kappa shape index (κ1) is 8.94. The number of likely N-dealkylation sites (tertiary alicyclic amines) is 1. The molecule has 1 aliphatic heterocycles. The van der Waals surface area contributed by atoms with Crippen LogP contribution in [0.3, 0.4) is 0 Å². The molecule has 0 bridgehead atoms. The number of aliphatic hydroxyl groups is 1. The van der Waals surface area contributed by atoms with Gasteiger partial charge in [0, 0.05) is 13.1 Å². The summed E-state index contributed by atoms with van der Waals surface area (Å²) in [6.07, 6.45) is 1.16. The van der Waals surface area contributed by atoms with Crippen LogP contribution in [0.25, 0.3) is 0 Å². The lowest BCUT2D eigenvalue weighted by Crippen LogP contribution is -2.45. The average Bonchev–Trinajstić information content (AvgIpc) is 2.06. The van der Waals surface area contributed by atoms with Crippen LogP contribution in [-0.4, -0.2) is 41.9 Å². The molecule has 1 N–H and O–H groups in total. The van der Waals surface area contributed by atoms with Crippen molar-refractivity contribution in [1.82, 2.24) is 4.90 Å². The largest absolute Gasteiger partial charge is 0.387 e. The second kappa shape index (κ2) is 3.50. The SMILES string of the molecule is CCN1CCC(O)(CF)CC1. The Morgan fingerprint density at radius 1 is 1.45 bits per heavy atom. The average molecular weight is 161 g/mol. The Bertz CT molecular complexity index is 121. The molecule has 1 rings (SSSR count). The van der Waals surface area contributed by atoms with Gasteiger partial charge in [0.1, 0.15) is 6.67 Å². The molecule has 0 atom stereocenters. The van der Waals surface area contributed by atoms with Crippen molar-refractivity contribution in [1.29, 1.82) is 0 Å². The van der Waals surface area contributed by atoms with E-state index in [4.69, 9.17) is 0 Å². The molecule has 1 saturated heterocycles. The Balaban J connectivity index is 2.35. The van der Waals surface area contributed by atoms with Crippen molar-refractivity contribution >= 4 is 0 Å². The van der Waals surface area contributed by atoms with Gasteiger partial charge in [-0.05, 0) is 19.4 Å². The van der Waals surface area contributed by atoms with E-state index in [-0.39, 0.29) is 0 Å². The first-order valence-corrected chi connectivity index (χ1v) is 4.21. The minimum atomic E-state index is -1.01. The van der Waals surface area contributed by atoms with E-state index in [0.717, 1.165) is 19.6 Å². The van der Waals surface area contributed by atoms with Crippen LogP contribution in [0.5, 0.6) is 0 Å². The topological polar surface area (TPSA) is 23.5 Å². The third kappa shape index (κ3) is 2.14. The van der Waals surface area contributed by atoms with Crippen LogP contribution in [0.15, 0.2) is 0 Å². The van der Waals surface area contributed by atoms with Gasteiger partial charge in [-0.2, -0.15) is 0 Å². The fourth-order valence-electron chi connectivity index (χ4n) is 1.42. The molecule has 1 aliphatic rings. The van der Waals surface area contributed by atoms with Crippen molar-refractivity contribution in [2.24, 2.45) is 0 Å². The van der Waals surface area contributed by atoms with E-state index in [1.807, 2.05) is 0 Å². The third-order valence-electron chi connectivity index (χ3n) is 2.48. The zero-order valence-corrected chi connectivity index (χ0v) is 7.02. The maximum atomic E-state index is 12.2.